The van der Waals surface area contributed by atoms with Crippen molar-refractivity contribution in [3.05, 3.63) is 60.6 Å². The van der Waals surface area contributed by atoms with E-state index in [1.165, 1.54) is 0 Å². The van der Waals surface area contributed by atoms with E-state index in [2.05, 4.69) is 33.3 Å². The van der Waals surface area contributed by atoms with Crippen molar-refractivity contribution in [1.82, 2.24) is 9.97 Å². The molecule has 1 aromatic heterocycles. The van der Waals surface area contributed by atoms with Crippen LogP contribution in [-0.4, -0.2) is 53.6 Å². The SMILES string of the molecule is C=C(CCC(=C)C(C)(C)O)COc1nc(Nc2ccc(N3CCOCC3)cc2)ncc1F. The molecule has 0 saturated carbocycles. The molecule has 32 heavy (non-hydrogen) atoms. The first-order valence-electron chi connectivity index (χ1n) is 10.6. The molecule has 1 aliphatic rings. The quantitative estimate of drug-likeness (QED) is 0.533. The average Bonchev–Trinajstić information content (AvgIpc) is 2.78. The number of ether oxygens (including phenoxy) is 2. The van der Waals surface area contributed by atoms with Gasteiger partial charge in [0.2, 0.25) is 11.8 Å². The minimum Gasteiger partial charge on any atom is -0.471 e. The van der Waals surface area contributed by atoms with Crippen molar-refractivity contribution in [3.8, 4) is 5.88 Å². The van der Waals surface area contributed by atoms with E-state index in [0.29, 0.717) is 18.4 Å². The summed E-state index contributed by atoms with van der Waals surface area (Å²) >= 11 is 0. The van der Waals surface area contributed by atoms with E-state index >= 15 is 0 Å². The maximum absolute atomic E-state index is 14.1. The van der Waals surface area contributed by atoms with E-state index < -0.39 is 11.4 Å². The zero-order valence-corrected chi connectivity index (χ0v) is 18.7. The third-order valence-electron chi connectivity index (χ3n) is 5.27. The maximum atomic E-state index is 14.1. The molecule has 2 heterocycles. The van der Waals surface area contributed by atoms with Crippen LogP contribution in [0.5, 0.6) is 5.88 Å². The Hall–Kier alpha value is -2.97. The van der Waals surface area contributed by atoms with Crippen LogP contribution in [0.25, 0.3) is 0 Å². The fraction of sp³-hybridized carbons (Fsp3) is 0.417. The fourth-order valence-electron chi connectivity index (χ4n) is 3.10. The molecule has 7 nitrogen and oxygen atoms in total. The normalized spacial score (nSPS) is 14.2. The van der Waals surface area contributed by atoms with E-state index in [0.717, 1.165) is 49.4 Å². The largest absolute Gasteiger partial charge is 0.471 e. The summed E-state index contributed by atoms with van der Waals surface area (Å²) < 4.78 is 25.0. The molecule has 0 unspecified atom stereocenters. The predicted molar refractivity (Wildman–Crippen MR) is 124 cm³/mol. The van der Waals surface area contributed by atoms with Gasteiger partial charge in [-0.05, 0) is 62.1 Å². The number of aromatic nitrogens is 2. The third kappa shape index (κ3) is 6.77. The second kappa shape index (κ2) is 10.6. The number of morpholine rings is 1. The summed E-state index contributed by atoms with van der Waals surface area (Å²) in [6, 6.07) is 7.88. The molecular formula is C24H31FN4O3. The Morgan fingerprint density at radius 1 is 1.22 bits per heavy atom. The highest BCUT2D eigenvalue weighted by molar-refractivity contribution is 5.59. The first kappa shape index (κ1) is 23.7. The summed E-state index contributed by atoms with van der Waals surface area (Å²) in [6.07, 6.45) is 2.23. The van der Waals surface area contributed by atoms with E-state index in [1.807, 2.05) is 24.3 Å². The number of rotatable bonds is 10. The number of hydrogen-bond acceptors (Lipinski definition) is 7. The van der Waals surface area contributed by atoms with Gasteiger partial charge in [-0.25, -0.2) is 4.98 Å². The van der Waals surface area contributed by atoms with Crippen molar-refractivity contribution in [3.63, 3.8) is 0 Å². The van der Waals surface area contributed by atoms with Gasteiger partial charge < -0.3 is 24.8 Å². The van der Waals surface area contributed by atoms with E-state index in [1.54, 1.807) is 13.8 Å². The van der Waals surface area contributed by atoms with Crippen molar-refractivity contribution in [1.29, 1.82) is 0 Å². The van der Waals surface area contributed by atoms with Crippen molar-refractivity contribution in [2.45, 2.75) is 32.3 Å². The molecule has 0 bridgehead atoms. The van der Waals surface area contributed by atoms with E-state index in [4.69, 9.17) is 9.47 Å². The Labute approximate surface area is 188 Å². The summed E-state index contributed by atoms with van der Waals surface area (Å²) in [5.41, 5.74) is 2.42. The number of aliphatic hydroxyl groups is 1. The summed E-state index contributed by atoms with van der Waals surface area (Å²) in [7, 11) is 0. The lowest BCUT2D eigenvalue weighted by atomic mass is 9.94. The van der Waals surface area contributed by atoms with E-state index in [9.17, 15) is 9.50 Å². The summed E-state index contributed by atoms with van der Waals surface area (Å²) in [5.74, 6) is -0.552. The number of nitrogens with zero attached hydrogens (tertiary/aromatic N) is 3. The van der Waals surface area contributed by atoms with Crippen molar-refractivity contribution in [2.24, 2.45) is 0 Å². The van der Waals surface area contributed by atoms with Crippen LogP contribution in [0, 0.1) is 5.82 Å². The molecule has 0 spiro atoms. The molecule has 2 N–H and O–H groups in total. The van der Waals surface area contributed by atoms with Gasteiger partial charge in [-0.2, -0.15) is 9.37 Å². The Bertz CT molecular complexity index is 935. The zero-order valence-electron chi connectivity index (χ0n) is 18.7. The lowest BCUT2D eigenvalue weighted by Gasteiger charge is -2.28. The molecule has 0 atom stereocenters. The monoisotopic (exact) mass is 442 g/mol. The minimum absolute atomic E-state index is 0.112. The number of benzene rings is 1. The van der Waals surface area contributed by atoms with Crippen LogP contribution in [0.2, 0.25) is 0 Å². The summed E-state index contributed by atoms with van der Waals surface area (Å²) in [5, 5.41) is 13.0. The third-order valence-corrected chi connectivity index (χ3v) is 5.27. The molecule has 1 aromatic carbocycles. The highest BCUT2D eigenvalue weighted by Crippen LogP contribution is 2.23. The van der Waals surface area contributed by atoms with Gasteiger partial charge in [0.15, 0.2) is 0 Å². The molecule has 172 valence electrons. The Balaban J connectivity index is 1.55. The maximum Gasteiger partial charge on any atom is 0.255 e. The average molecular weight is 443 g/mol. The van der Waals surface area contributed by atoms with E-state index in [-0.39, 0.29) is 18.4 Å². The van der Waals surface area contributed by atoms with Crippen LogP contribution in [0.1, 0.15) is 26.7 Å². The lowest BCUT2D eigenvalue weighted by Crippen LogP contribution is -2.36. The van der Waals surface area contributed by atoms with Crippen LogP contribution in [0.3, 0.4) is 0 Å². The van der Waals surface area contributed by atoms with Crippen molar-refractivity contribution < 1.29 is 19.0 Å². The Morgan fingerprint density at radius 2 is 1.91 bits per heavy atom. The van der Waals surface area contributed by atoms with Crippen molar-refractivity contribution in [2.75, 3.05) is 43.1 Å². The van der Waals surface area contributed by atoms with Gasteiger partial charge in [-0.15, -0.1) is 0 Å². The molecule has 0 amide bonds. The van der Waals surface area contributed by atoms with Gasteiger partial charge in [0.25, 0.3) is 5.88 Å². The van der Waals surface area contributed by atoms with Crippen molar-refractivity contribution >= 4 is 17.3 Å². The van der Waals surface area contributed by atoms with Gasteiger partial charge in [0.05, 0.1) is 25.0 Å². The van der Waals surface area contributed by atoms with Crippen LogP contribution in [0.15, 0.2) is 54.8 Å². The molecule has 8 heteroatoms. The molecular weight excluding hydrogens is 411 g/mol. The second-order valence-corrected chi connectivity index (χ2v) is 8.32. The molecule has 1 saturated heterocycles. The number of nitrogens with one attached hydrogen (secondary N) is 1. The number of hydrogen-bond donors (Lipinski definition) is 2. The molecule has 1 fully saturated rings. The Kier molecular flexibility index (Phi) is 7.82. The van der Waals surface area contributed by atoms with Crippen LogP contribution in [-0.2, 0) is 4.74 Å². The predicted octanol–water partition coefficient (Wildman–Crippen LogP) is 4.24. The van der Waals surface area contributed by atoms with Gasteiger partial charge in [-0.1, -0.05) is 13.2 Å². The molecule has 1 aliphatic heterocycles. The summed E-state index contributed by atoms with van der Waals surface area (Å²) in [6.45, 7) is 14.5. The number of anilines is 3. The molecule has 2 aromatic rings. The first-order valence-corrected chi connectivity index (χ1v) is 10.6. The zero-order chi connectivity index (χ0) is 23.1. The van der Waals surface area contributed by atoms with Crippen LogP contribution >= 0.6 is 0 Å². The van der Waals surface area contributed by atoms with Gasteiger partial charge in [0.1, 0.15) is 6.61 Å². The smallest absolute Gasteiger partial charge is 0.255 e. The topological polar surface area (TPSA) is 79.7 Å². The minimum atomic E-state index is -0.944. The standard InChI is InChI=1S/C24H31FN4O3/c1-17(5-6-18(2)24(3,4)30)16-32-22-21(25)15-26-23(28-22)27-19-7-9-20(10-8-19)29-11-13-31-14-12-29/h7-10,15,30H,1-2,5-6,11-14,16H2,3-4H3,(H,26,27,28). The van der Waals surface area contributed by atoms with Gasteiger partial charge in [-0.3, -0.25) is 0 Å². The lowest BCUT2D eigenvalue weighted by molar-refractivity contribution is 0.116. The highest BCUT2D eigenvalue weighted by atomic mass is 19.1. The molecule has 3 rings (SSSR count). The van der Waals surface area contributed by atoms with Crippen LogP contribution < -0.4 is 15.0 Å². The number of halogens is 1. The first-order chi connectivity index (χ1) is 15.2. The van der Waals surface area contributed by atoms with Gasteiger partial charge >= 0.3 is 0 Å². The summed E-state index contributed by atoms with van der Waals surface area (Å²) in [4.78, 5) is 10.4. The molecule has 0 radical (unpaired) electrons. The molecule has 0 aliphatic carbocycles. The highest BCUT2D eigenvalue weighted by Gasteiger charge is 2.17. The van der Waals surface area contributed by atoms with Crippen LogP contribution in [0.4, 0.5) is 21.7 Å². The second-order valence-electron chi connectivity index (χ2n) is 8.32. The fourth-order valence-corrected chi connectivity index (χ4v) is 3.10. The van der Waals surface area contributed by atoms with Gasteiger partial charge in [0, 0.05) is 24.5 Å². The Morgan fingerprint density at radius 3 is 2.56 bits per heavy atom.